The normalized spacial score (nSPS) is 20.5. The Morgan fingerprint density at radius 1 is 1.02 bits per heavy atom. The molecule has 3 atom stereocenters. The van der Waals surface area contributed by atoms with Crippen LogP contribution in [-0.2, 0) is 20.8 Å². The van der Waals surface area contributed by atoms with E-state index in [4.69, 9.17) is 15.6 Å². The number of carbonyl (C=O) groups is 5. The highest BCUT2D eigenvalue weighted by Gasteiger charge is 2.62. The standard InChI is InChI=1S/C29H26FN3O8.C2HF3O2/c1-11-12-8-9-17(32-28(40)13-6-4-5-7-16(13)30)22(34)18(12)23(35)19-14(11)10-15-21(33(2)3)24(36)20(27(31)39)26(38)29(15,41)25(19)37;3-2(4,5)1(6)7/h4-9,15,21,34-35,38,41H,10H2,1-3H3,(H2,31,39)(H,32,40);(H,6,7)/t15-,21-,29-;/m0./s1. The van der Waals surface area contributed by atoms with Crippen molar-refractivity contribution in [3.63, 3.8) is 0 Å². The smallest absolute Gasteiger partial charge is 0.490 e. The number of halogens is 4. The van der Waals surface area contributed by atoms with E-state index in [-0.39, 0.29) is 28.6 Å². The van der Waals surface area contributed by atoms with Gasteiger partial charge in [0.05, 0.1) is 28.2 Å². The lowest BCUT2D eigenvalue weighted by molar-refractivity contribution is -0.192. The summed E-state index contributed by atoms with van der Waals surface area (Å²) in [5.41, 5.74) is 1.35. The monoisotopic (exact) mass is 677 g/mol. The number of amides is 2. The number of aliphatic hydroxyl groups excluding tert-OH is 1. The first kappa shape index (κ1) is 35.3. The number of phenolic OH excluding ortho intramolecular Hbond substituents is 2. The van der Waals surface area contributed by atoms with E-state index in [0.717, 1.165) is 6.07 Å². The number of likely N-dealkylation sites (N-methyl/N-ethyl adjacent to an activating group) is 1. The van der Waals surface area contributed by atoms with Crippen molar-refractivity contribution in [2.75, 3.05) is 19.4 Å². The quantitative estimate of drug-likeness (QED) is 0.121. The Labute approximate surface area is 267 Å². The highest BCUT2D eigenvalue weighted by molar-refractivity contribution is 6.25. The SMILES string of the molecule is Cc1c2c(c(O)c3c(O)c(NC(=O)c4ccccc4F)ccc13)C(=O)[C@]1(O)C(O)=C(C(N)=O)C(=O)[C@@H](N(C)C)[C@@H]1C2.O=C(O)C(F)(F)F. The van der Waals surface area contributed by atoms with Crippen LogP contribution in [0.3, 0.4) is 0 Å². The van der Waals surface area contributed by atoms with Crippen LogP contribution >= 0.6 is 0 Å². The molecule has 0 spiro atoms. The molecule has 3 aromatic carbocycles. The van der Waals surface area contributed by atoms with E-state index in [0.29, 0.717) is 10.9 Å². The average molecular weight is 678 g/mol. The zero-order valence-corrected chi connectivity index (χ0v) is 25.1. The highest BCUT2D eigenvalue weighted by Crippen LogP contribution is 2.51. The first-order chi connectivity index (χ1) is 22.2. The number of aryl methyl sites for hydroxylation is 1. The minimum atomic E-state index is -5.08. The number of nitrogens with zero attached hydrogens (tertiary/aromatic N) is 1. The van der Waals surface area contributed by atoms with Gasteiger partial charge in [0, 0.05) is 5.92 Å². The van der Waals surface area contributed by atoms with Crippen LogP contribution < -0.4 is 11.1 Å². The van der Waals surface area contributed by atoms with Gasteiger partial charge in [-0.05, 0) is 62.2 Å². The van der Waals surface area contributed by atoms with Crippen molar-refractivity contribution in [2.45, 2.75) is 31.2 Å². The van der Waals surface area contributed by atoms with E-state index in [9.17, 15) is 57.2 Å². The zero-order chi connectivity index (χ0) is 36.2. The summed E-state index contributed by atoms with van der Waals surface area (Å²) in [4.78, 5) is 62.2. The summed E-state index contributed by atoms with van der Waals surface area (Å²) in [6.07, 6.45) is -5.26. The predicted octanol–water partition coefficient (Wildman–Crippen LogP) is 2.48. The Morgan fingerprint density at radius 2 is 1.60 bits per heavy atom. The highest BCUT2D eigenvalue weighted by atomic mass is 19.4. The van der Waals surface area contributed by atoms with Crippen molar-refractivity contribution >= 4 is 45.8 Å². The van der Waals surface area contributed by atoms with E-state index in [2.05, 4.69) is 5.32 Å². The number of benzene rings is 3. The summed E-state index contributed by atoms with van der Waals surface area (Å²) >= 11 is 0. The number of anilines is 1. The fourth-order valence-corrected chi connectivity index (χ4v) is 6.02. The van der Waals surface area contributed by atoms with Crippen LogP contribution in [0.4, 0.5) is 23.2 Å². The van der Waals surface area contributed by atoms with Gasteiger partial charge >= 0.3 is 12.1 Å². The lowest BCUT2D eigenvalue weighted by atomic mass is 9.61. The molecule has 2 aliphatic carbocycles. The molecule has 0 radical (unpaired) electrons. The third kappa shape index (κ3) is 5.56. The van der Waals surface area contributed by atoms with Crippen LogP contribution in [0.2, 0.25) is 0 Å². The number of nitrogens with two attached hydrogens (primary N) is 1. The summed E-state index contributed by atoms with van der Waals surface area (Å²) in [6.45, 7) is 1.61. The summed E-state index contributed by atoms with van der Waals surface area (Å²) in [7, 11) is 3.01. The maximum Gasteiger partial charge on any atom is 0.490 e. The lowest BCUT2D eigenvalue weighted by Gasteiger charge is -2.47. The molecule has 0 saturated carbocycles. The van der Waals surface area contributed by atoms with Crippen molar-refractivity contribution in [2.24, 2.45) is 11.7 Å². The van der Waals surface area contributed by atoms with E-state index in [1.807, 2.05) is 0 Å². The molecule has 48 heavy (non-hydrogen) atoms. The number of aliphatic hydroxyl groups is 2. The topological polar surface area (TPSA) is 228 Å². The summed E-state index contributed by atoms with van der Waals surface area (Å²) in [5, 5.41) is 54.6. The van der Waals surface area contributed by atoms with Gasteiger partial charge in [-0.1, -0.05) is 18.2 Å². The summed E-state index contributed by atoms with van der Waals surface area (Å²) < 4.78 is 45.9. The number of alkyl halides is 3. The Balaban J connectivity index is 0.000000671. The molecule has 0 aromatic heterocycles. The number of primary amides is 1. The van der Waals surface area contributed by atoms with Gasteiger partial charge in [-0.25, -0.2) is 9.18 Å². The van der Waals surface area contributed by atoms with Gasteiger partial charge in [-0.2, -0.15) is 13.2 Å². The number of aliphatic carboxylic acids is 1. The largest absolute Gasteiger partial charge is 0.508 e. The summed E-state index contributed by atoms with van der Waals surface area (Å²) in [6, 6.07) is 6.79. The molecule has 254 valence electrons. The number of Topliss-reactive ketones (excluding diaryl/α,β-unsaturated/α-hetero) is 2. The van der Waals surface area contributed by atoms with Crippen LogP contribution in [0.1, 0.15) is 31.8 Å². The Morgan fingerprint density at radius 3 is 2.12 bits per heavy atom. The first-order valence-corrected chi connectivity index (χ1v) is 13.7. The van der Waals surface area contributed by atoms with Crippen LogP contribution in [0.5, 0.6) is 11.5 Å². The first-order valence-electron chi connectivity index (χ1n) is 13.7. The van der Waals surface area contributed by atoms with E-state index >= 15 is 0 Å². The maximum atomic E-state index is 14.1. The van der Waals surface area contributed by atoms with E-state index < -0.39 is 87.3 Å². The maximum absolute atomic E-state index is 14.1. The molecule has 0 aliphatic heterocycles. The number of nitrogens with one attached hydrogen (secondary N) is 1. The fraction of sp³-hybridized carbons (Fsp3) is 0.258. The third-order valence-electron chi connectivity index (χ3n) is 8.25. The number of carboxylic acid groups (broad SMARTS) is 1. The molecule has 0 heterocycles. The molecule has 3 aromatic rings. The van der Waals surface area contributed by atoms with Gasteiger partial charge in [0.2, 0.25) is 5.78 Å². The van der Waals surface area contributed by atoms with Crippen LogP contribution in [0, 0.1) is 18.7 Å². The number of rotatable bonds is 4. The molecule has 13 nitrogen and oxygen atoms in total. The van der Waals surface area contributed by atoms with E-state index in [1.54, 1.807) is 6.92 Å². The molecule has 5 rings (SSSR count). The second-order valence-electron chi connectivity index (χ2n) is 11.2. The summed E-state index contributed by atoms with van der Waals surface area (Å²) in [5.74, 6) is -11.7. The predicted molar refractivity (Wildman–Crippen MR) is 158 cm³/mol. The number of phenols is 2. The van der Waals surface area contributed by atoms with Crippen molar-refractivity contribution in [3.05, 3.63) is 75.8 Å². The van der Waals surface area contributed by atoms with Gasteiger partial charge in [0.25, 0.3) is 11.8 Å². The molecule has 8 N–H and O–H groups in total. The molecular weight excluding hydrogens is 650 g/mol. The molecule has 17 heteroatoms. The van der Waals surface area contributed by atoms with Crippen molar-refractivity contribution in [3.8, 4) is 11.5 Å². The van der Waals surface area contributed by atoms with Gasteiger partial charge in [0.15, 0.2) is 17.1 Å². The Hall–Kier alpha value is -5.55. The number of aromatic hydroxyl groups is 2. The van der Waals surface area contributed by atoms with Gasteiger partial charge < -0.3 is 36.6 Å². The molecule has 2 amide bonds. The second kappa shape index (κ2) is 12.2. The van der Waals surface area contributed by atoms with Crippen molar-refractivity contribution < 1.29 is 67.1 Å². The Bertz CT molecular complexity index is 1960. The average Bonchev–Trinajstić information content (AvgIpc) is 2.98. The number of fused-ring (bicyclic) bond motifs is 3. The molecule has 2 aliphatic rings. The van der Waals surface area contributed by atoms with E-state index in [1.165, 1.54) is 49.3 Å². The van der Waals surface area contributed by atoms with Crippen molar-refractivity contribution in [1.82, 2.24) is 4.90 Å². The third-order valence-corrected chi connectivity index (χ3v) is 8.25. The molecule has 0 saturated heterocycles. The minimum Gasteiger partial charge on any atom is -0.508 e. The van der Waals surface area contributed by atoms with Crippen molar-refractivity contribution in [1.29, 1.82) is 0 Å². The molecule has 0 unspecified atom stereocenters. The second-order valence-corrected chi connectivity index (χ2v) is 11.2. The van der Waals surface area contributed by atoms with Gasteiger partial charge in [-0.3, -0.25) is 24.1 Å². The number of ketones is 2. The fourth-order valence-electron chi connectivity index (χ4n) is 6.02. The molecule has 0 bridgehead atoms. The minimum absolute atomic E-state index is 0.176. The lowest BCUT2D eigenvalue weighted by Crippen LogP contribution is -2.64. The Kier molecular flexibility index (Phi) is 9.00. The number of hydrogen-bond acceptors (Lipinski definition) is 10. The number of carbonyl (C=O) groups excluding carboxylic acids is 4. The van der Waals surface area contributed by atoms with Crippen LogP contribution in [0.25, 0.3) is 10.8 Å². The van der Waals surface area contributed by atoms with Crippen LogP contribution in [0.15, 0.2) is 47.7 Å². The van der Waals surface area contributed by atoms with Gasteiger partial charge in [-0.15, -0.1) is 0 Å². The molecule has 0 fully saturated rings. The molecular formula is C31H27F4N3O10. The number of carboxylic acids is 1. The van der Waals surface area contributed by atoms with Gasteiger partial charge in [0.1, 0.15) is 22.9 Å². The number of hydrogen-bond donors (Lipinski definition) is 7. The van der Waals surface area contributed by atoms with Crippen LogP contribution in [-0.4, -0.2) is 91.7 Å². The zero-order valence-electron chi connectivity index (χ0n) is 25.1.